The van der Waals surface area contributed by atoms with Crippen molar-refractivity contribution < 1.29 is 9.53 Å². The number of ether oxygens (including phenoxy) is 1. The van der Waals surface area contributed by atoms with Gasteiger partial charge in [0, 0.05) is 13.2 Å². The van der Waals surface area contributed by atoms with Crippen LogP contribution in [0.3, 0.4) is 0 Å². The predicted molar refractivity (Wildman–Crippen MR) is 69.8 cm³/mol. The van der Waals surface area contributed by atoms with E-state index in [1.165, 1.54) is 19.3 Å². The Bertz CT molecular complexity index is 251. The number of nitrogens with one attached hydrogen (secondary N) is 1. The minimum Gasteiger partial charge on any atom is -0.375 e. The van der Waals surface area contributed by atoms with Crippen LogP contribution in [0.2, 0.25) is 0 Å². The van der Waals surface area contributed by atoms with Gasteiger partial charge >= 0.3 is 0 Å². The van der Waals surface area contributed by atoms with Crippen LogP contribution >= 0.6 is 0 Å². The first-order valence-corrected chi connectivity index (χ1v) is 6.78. The average molecular weight is 241 g/mol. The second-order valence-electron chi connectivity index (χ2n) is 5.90. The van der Waals surface area contributed by atoms with Gasteiger partial charge in [0.25, 0.3) is 0 Å². The van der Waals surface area contributed by atoms with Gasteiger partial charge in [0.2, 0.25) is 5.91 Å². The minimum absolute atomic E-state index is 0.0208. The summed E-state index contributed by atoms with van der Waals surface area (Å²) in [6.07, 6.45) is 5.97. The lowest BCUT2D eigenvalue weighted by Gasteiger charge is -2.39. The molecule has 100 valence electrons. The summed E-state index contributed by atoms with van der Waals surface area (Å²) in [6.45, 7) is 7.12. The van der Waals surface area contributed by atoms with Crippen LogP contribution in [0, 0.1) is 11.3 Å². The zero-order valence-corrected chi connectivity index (χ0v) is 11.7. The molecule has 0 spiro atoms. The predicted octanol–water partition coefficient (Wildman–Crippen LogP) is 2.74. The Kier molecular flexibility index (Phi) is 5.44. The summed E-state index contributed by atoms with van der Waals surface area (Å²) in [7, 11) is 1.56. The SMILES string of the molecule is CCC(C)(C)[C@@H]1CCC[C@@H](NC(=O)COC)C1. The molecule has 0 aromatic rings. The monoisotopic (exact) mass is 241 g/mol. The number of amides is 1. The van der Waals surface area contributed by atoms with Crippen molar-refractivity contribution in [3.63, 3.8) is 0 Å². The van der Waals surface area contributed by atoms with Crippen LogP contribution in [0.25, 0.3) is 0 Å². The zero-order chi connectivity index (χ0) is 12.9. The van der Waals surface area contributed by atoms with Gasteiger partial charge in [0.1, 0.15) is 6.61 Å². The van der Waals surface area contributed by atoms with Crippen LogP contribution < -0.4 is 5.32 Å². The maximum absolute atomic E-state index is 11.5. The molecule has 2 atom stereocenters. The molecule has 0 aromatic carbocycles. The van der Waals surface area contributed by atoms with Gasteiger partial charge in [-0.25, -0.2) is 0 Å². The molecular weight excluding hydrogens is 214 g/mol. The van der Waals surface area contributed by atoms with Gasteiger partial charge in [-0.05, 0) is 30.6 Å². The molecule has 1 N–H and O–H groups in total. The molecule has 3 heteroatoms. The van der Waals surface area contributed by atoms with Crippen LogP contribution in [0.5, 0.6) is 0 Å². The van der Waals surface area contributed by atoms with E-state index in [1.54, 1.807) is 7.11 Å². The number of rotatable bonds is 5. The number of methoxy groups -OCH3 is 1. The van der Waals surface area contributed by atoms with Gasteiger partial charge in [-0.1, -0.05) is 33.6 Å². The fraction of sp³-hybridized carbons (Fsp3) is 0.929. The molecule has 0 unspecified atom stereocenters. The van der Waals surface area contributed by atoms with Crippen molar-refractivity contribution in [1.29, 1.82) is 0 Å². The second kappa shape index (κ2) is 6.39. The summed E-state index contributed by atoms with van der Waals surface area (Å²) in [5.41, 5.74) is 0.394. The van der Waals surface area contributed by atoms with Crippen LogP contribution in [0.4, 0.5) is 0 Å². The quantitative estimate of drug-likeness (QED) is 0.803. The smallest absolute Gasteiger partial charge is 0.246 e. The van der Waals surface area contributed by atoms with Gasteiger partial charge < -0.3 is 10.1 Å². The van der Waals surface area contributed by atoms with Gasteiger partial charge in [-0.15, -0.1) is 0 Å². The summed E-state index contributed by atoms with van der Waals surface area (Å²) >= 11 is 0. The van der Waals surface area contributed by atoms with Gasteiger partial charge in [0.15, 0.2) is 0 Å². The van der Waals surface area contributed by atoms with Crippen molar-refractivity contribution in [2.45, 2.75) is 58.9 Å². The Morgan fingerprint density at radius 2 is 2.12 bits per heavy atom. The highest BCUT2D eigenvalue weighted by atomic mass is 16.5. The van der Waals surface area contributed by atoms with E-state index in [9.17, 15) is 4.79 Å². The van der Waals surface area contributed by atoms with E-state index in [1.807, 2.05) is 0 Å². The van der Waals surface area contributed by atoms with Gasteiger partial charge in [0.05, 0.1) is 0 Å². The third-order valence-electron chi connectivity index (χ3n) is 4.33. The highest BCUT2D eigenvalue weighted by Crippen LogP contribution is 2.40. The molecule has 0 aromatic heterocycles. The highest BCUT2D eigenvalue weighted by Gasteiger charge is 2.32. The molecule has 0 saturated heterocycles. The summed E-state index contributed by atoms with van der Waals surface area (Å²) in [5, 5.41) is 3.08. The molecule has 1 saturated carbocycles. The topological polar surface area (TPSA) is 38.3 Å². The summed E-state index contributed by atoms with van der Waals surface area (Å²) < 4.78 is 4.85. The first-order chi connectivity index (χ1) is 7.99. The highest BCUT2D eigenvalue weighted by molar-refractivity contribution is 5.77. The minimum atomic E-state index is 0.0208. The number of carbonyl (C=O) groups excluding carboxylic acids is 1. The molecule has 1 rings (SSSR count). The maximum Gasteiger partial charge on any atom is 0.246 e. The Labute approximate surface area is 105 Å². The molecule has 0 aliphatic heterocycles. The van der Waals surface area contributed by atoms with Crippen molar-refractivity contribution in [3.8, 4) is 0 Å². The third-order valence-corrected chi connectivity index (χ3v) is 4.33. The Morgan fingerprint density at radius 3 is 2.71 bits per heavy atom. The van der Waals surface area contributed by atoms with E-state index in [2.05, 4.69) is 26.1 Å². The zero-order valence-electron chi connectivity index (χ0n) is 11.7. The largest absolute Gasteiger partial charge is 0.375 e. The molecule has 1 fully saturated rings. The fourth-order valence-corrected chi connectivity index (χ4v) is 2.72. The van der Waals surface area contributed by atoms with E-state index in [-0.39, 0.29) is 12.5 Å². The van der Waals surface area contributed by atoms with Crippen LogP contribution in [0.15, 0.2) is 0 Å². The molecular formula is C14H27NO2. The first-order valence-electron chi connectivity index (χ1n) is 6.78. The molecule has 1 aliphatic rings. The maximum atomic E-state index is 11.5. The van der Waals surface area contributed by atoms with E-state index in [4.69, 9.17) is 4.74 Å². The fourth-order valence-electron chi connectivity index (χ4n) is 2.72. The second-order valence-corrected chi connectivity index (χ2v) is 5.90. The summed E-state index contributed by atoms with van der Waals surface area (Å²) in [5.74, 6) is 0.751. The van der Waals surface area contributed by atoms with Crippen molar-refractivity contribution in [2.75, 3.05) is 13.7 Å². The van der Waals surface area contributed by atoms with Crippen molar-refractivity contribution in [1.82, 2.24) is 5.32 Å². The van der Waals surface area contributed by atoms with Crippen LogP contribution in [0.1, 0.15) is 52.9 Å². The van der Waals surface area contributed by atoms with Crippen LogP contribution in [-0.4, -0.2) is 25.7 Å². The Hall–Kier alpha value is -0.570. The van der Waals surface area contributed by atoms with Crippen molar-refractivity contribution in [2.24, 2.45) is 11.3 Å². The number of hydrogen-bond acceptors (Lipinski definition) is 2. The average Bonchev–Trinajstić information content (AvgIpc) is 2.29. The molecule has 1 aliphatic carbocycles. The first kappa shape index (κ1) is 14.5. The van der Waals surface area contributed by atoms with E-state index in [0.29, 0.717) is 11.5 Å². The molecule has 3 nitrogen and oxygen atoms in total. The van der Waals surface area contributed by atoms with Crippen molar-refractivity contribution in [3.05, 3.63) is 0 Å². The molecule has 1 amide bonds. The van der Waals surface area contributed by atoms with Gasteiger partial charge in [-0.2, -0.15) is 0 Å². The number of carbonyl (C=O) groups is 1. The Balaban J connectivity index is 2.46. The van der Waals surface area contributed by atoms with E-state index < -0.39 is 0 Å². The lowest BCUT2D eigenvalue weighted by molar-refractivity contribution is -0.125. The lowest BCUT2D eigenvalue weighted by atomic mass is 9.68. The van der Waals surface area contributed by atoms with Gasteiger partial charge in [-0.3, -0.25) is 4.79 Å². The molecule has 17 heavy (non-hydrogen) atoms. The molecule has 0 radical (unpaired) electrons. The Morgan fingerprint density at radius 1 is 1.41 bits per heavy atom. The lowest BCUT2D eigenvalue weighted by Crippen LogP contribution is -2.42. The third kappa shape index (κ3) is 4.30. The molecule has 0 bridgehead atoms. The van der Waals surface area contributed by atoms with E-state index in [0.717, 1.165) is 18.8 Å². The van der Waals surface area contributed by atoms with Crippen molar-refractivity contribution >= 4 is 5.91 Å². The summed E-state index contributed by atoms with van der Waals surface area (Å²) in [6, 6.07) is 0.349. The normalized spacial score (nSPS) is 25.6. The molecule has 0 heterocycles. The van der Waals surface area contributed by atoms with E-state index >= 15 is 0 Å². The standard InChI is InChI=1S/C14H27NO2/c1-5-14(2,3)11-7-6-8-12(9-11)15-13(16)10-17-4/h11-12H,5-10H2,1-4H3,(H,15,16)/t11-,12-/m1/s1. The number of hydrogen-bond donors (Lipinski definition) is 1. The van der Waals surface area contributed by atoms with Crippen LogP contribution in [-0.2, 0) is 9.53 Å². The summed E-state index contributed by atoms with van der Waals surface area (Å²) in [4.78, 5) is 11.5.